The quantitative estimate of drug-likeness (QED) is 0.722. The van der Waals surface area contributed by atoms with E-state index in [2.05, 4.69) is 10.6 Å². The van der Waals surface area contributed by atoms with Crippen LogP contribution in [0.25, 0.3) is 0 Å². The van der Waals surface area contributed by atoms with E-state index in [9.17, 15) is 22.8 Å². The Hall–Kier alpha value is -3.23. The number of rotatable bonds is 6. The van der Waals surface area contributed by atoms with Gasteiger partial charge in [-0.15, -0.1) is 0 Å². The zero-order valence-electron chi connectivity index (χ0n) is 15.2. The predicted octanol–water partition coefficient (Wildman–Crippen LogP) is 4.08. The maximum atomic E-state index is 12.5. The number of amides is 2. The minimum absolute atomic E-state index is 0.0647. The third-order valence-corrected chi connectivity index (χ3v) is 3.48. The molecule has 0 fully saturated rings. The van der Waals surface area contributed by atoms with Crippen LogP contribution >= 0.6 is 0 Å². The molecular formula is C19H19F3N2O4. The van der Waals surface area contributed by atoms with Crippen LogP contribution in [0.5, 0.6) is 11.5 Å². The summed E-state index contributed by atoms with van der Waals surface area (Å²) >= 11 is 0. The van der Waals surface area contributed by atoms with Gasteiger partial charge >= 0.3 is 18.0 Å². The lowest BCUT2D eigenvalue weighted by Gasteiger charge is -2.13. The maximum Gasteiger partial charge on any atom is 0.416 e. The molecule has 0 aliphatic heterocycles. The molecular weight excluding hydrogens is 377 g/mol. The van der Waals surface area contributed by atoms with Gasteiger partial charge < -0.3 is 20.1 Å². The number of anilines is 2. The minimum Gasteiger partial charge on any atom is -0.490 e. The Morgan fingerprint density at radius 2 is 1.32 bits per heavy atom. The molecule has 2 amide bonds. The minimum atomic E-state index is -4.48. The van der Waals surface area contributed by atoms with Crippen LogP contribution in [0.3, 0.4) is 0 Å². The number of halogens is 3. The molecule has 0 spiro atoms. The van der Waals surface area contributed by atoms with Crippen molar-refractivity contribution in [2.75, 3.05) is 23.8 Å². The van der Waals surface area contributed by atoms with Crippen LogP contribution in [-0.2, 0) is 15.8 Å². The topological polar surface area (TPSA) is 76.7 Å². The van der Waals surface area contributed by atoms with Gasteiger partial charge in [0.15, 0.2) is 11.5 Å². The van der Waals surface area contributed by atoms with E-state index in [4.69, 9.17) is 9.47 Å². The van der Waals surface area contributed by atoms with Crippen molar-refractivity contribution >= 4 is 23.2 Å². The molecule has 2 aromatic rings. The first kappa shape index (κ1) is 21.1. The standard InChI is InChI=1S/C19H19F3N2O4/c1-3-27-15-10-9-14(11-16(15)28-4-2)24-18(26)17(25)23-13-7-5-12(6-8-13)19(20,21)22/h5-11H,3-4H2,1-2H3,(H,23,25)(H,24,26). The van der Waals surface area contributed by atoms with Crippen LogP contribution in [0.4, 0.5) is 24.5 Å². The van der Waals surface area contributed by atoms with Gasteiger partial charge in [0, 0.05) is 17.4 Å². The summed E-state index contributed by atoms with van der Waals surface area (Å²) in [5, 5.41) is 4.64. The Labute approximate surface area is 159 Å². The predicted molar refractivity (Wildman–Crippen MR) is 97.5 cm³/mol. The van der Waals surface area contributed by atoms with E-state index in [1.54, 1.807) is 13.0 Å². The number of benzene rings is 2. The van der Waals surface area contributed by atoms with Gasteiger partial charge in [0.05, 0.1) is 18.8 Å². The first-order chi connectivity index (χ1) is 13.2. The molecule has 2 N–H and O–H groups in total. The van der Waals surface area contributed by atoms with Crippen LogP contribution in [0, 0.1) is 0 Å². The van der Waals surface area contributed by atoms with Gasteiger partial charge in [-0.3, -0.25) is 9.59 Å². The van der Waals surface area contributed by atoms with Gasteiger partial charge in [0.2, 0.25) is 0 Å². The average molecular weight is 396 g/mol. The van der Waals surface area contributed by atoms with E-state index in [1.807, 2.05) is 6.92 Å². The van der Waals surface area contributed by atoms with E-state index in [0.717, 1.165) is 24.3 Å². The number of alkyl halides is 3. The maximum absolute atomic E-state index is 12.5. The Morgan fingerprint density at radius 1 is 0.821 bits per heavy atom. The van der Waals surface area contributed by atoms with E-state index < -0.39 is 23.6 Å². The Balaban J connectivity index is 2.04. The summed E-state index contributed by atoms with van der Waals surface area (Å²) in [6.45, 7) is 4.42. The molecule has 0 radical (unpaired) electrons. The van der Waals surface area contributed by atoms with Crippen molar-refractivity contribution in [3.05, 3.63) is 48.0 Å². The molecule has 150 valence electrons. The molecule has 0 unspecified atom stereocenters. The number of ether oxygens (including phenoxy) is 2. The van der Waals surface area contributed by atoms with Crippen LogP contribution in [-0.4, -0.2) is 25.0 Å². The van der Waals surface area contributed by atoms with Crippen molar-refractivity contribution in [2.24, 2.45) is 0 Å². The monoisotopic (exact) mass is 396 g/mol. The first-order valence-corrected chi connectivity index (χ1v) is 8.43. The highest BCUT2D eigenvalue weighted by Crippen LogP contribution is 2.31. The Morgan fingerprint density at radius 3 is 1.86 bits per heavy atom. The molecule has 0 heterocycles. The molecule has 28 heavy (non-hydrogen) atoms. The van der Waals surface area contributed by atoms with Gasteiger partial charge in [-0.2, -0.15) is 13.2 Å². The number of carbonyl (C=O) groups is 2. The molecule has 0 aliphatic rings. The third kappa shape index (κ3) is 5.63. The van der Waals surface area contributed by atoms with Crippen LogP contribution in [0.15, 0.2) is 42.5 Å². The molecule has 0 saturated heterocycles. The van der Waals surface area contributed by atoms with Gasteiger partial charge in [-0.25, -0.2) is 0 Å². The summed E-state index contributed by atoms with van der Waals surface area (Å²) in [4.78, 5) is 24.0. The zero-order chi connectivity index (χ0) is 20.7. The number of carbonyl (C=O) groups excluding carboxylic acids is 2. The van der Waals surface area contributed by atoms with Crippen LogP contribution in [0.1, 0.15) is 19.4 Å². The Kier molecular flexibility index (Phi) is 6.86. The average Bonchev–Trinajstić information content (AvgIpc) is 2.64. The molecule has 6 nitrogen and oxygen atoms in total. The highest BCUT2D eigenvalue weighted by Gasteiger charge is 2.30. The van der Waals surface area contributed by atoms with Crippen molar-refractivity contribution in [3.63, 3.8) is 0 Å². The first-order valence-electron chi connectivity index (χ1n) is 8.43. The molecule has 0 bridgehead atoms. The van der Waals surface area contributed by atoms with Crippen molar-refractivity contribution in [2.45, 2.75) is 20.0 Å². The SMILES string of the molecule is CCOc1ccc(NC(=O)C(=O)Nc2ccc(C(F)(F)F)cc2)cc1OCC. The fraction of sp³-hybridized carbons (Fsp3) is 0.263. The summed E-state index contributed by atoms with van der Waals surface area (Å²) in [5.74, 6) is -1.10. The summed E-state index contributed by atoms with van der Waals surface area (Å²) in [7, 11) is 0. The lowest BCUT2D eigenvalue weighted by atomic mass is 10.2. The lowest BCUT2D eigenvalue weighted by molar-refractivity contribution is -0.137. The van der Waals surface area contributed by atoms with E-state index in [1.165, 1.54) is 12.1 Å². The van der Waals surface area contributed by atoms with E-state index >= 15 is 0 Å². The normalized spacial score (nSPS) is 10.9. The molecule has 2 aromatic carbocycles. The van der Waals surface area contributed by atoms with Crippen molar-refractivity contribution in [3.8, 4) is 11.5 Å². The van der Waals surface area contributed by atoms with Crippen molar-refractivity contribution in [1.29, 1.82) is 0 Å². The van der Waals surface area contributed by atoms with Gasteiger partial charge in [-0.05, 0) is 50.2 Å². The van der Waals surface area contributed by atoms with Gasteiger partial charge in [0.1, 0.15) is 0 Å². The molecule has 2 rings (SSSR count). The number of hydrogen-bond acceptors (Lipinski definition) is 4. The van der Waals surface area contributed by atoms with Crippen LogP contribution < -0.4 is 20.1 Å². The second-order valence-electron chi connectivity index (χ2n) is 5.51. The van der Waals surface area contributed by atoms with Crippen molar-refractivity contribution in [1.82, 2.24) is 0 Å². The van der Waals surface area contributed by atoms with E-state index in [-0.39, 0.29) is 5.69 Å². The highest BCUT2D eigenvalue weighted by atomic mass is 19.4. The summed E-state index contributed by atoms with van der Waals surface area (Å²) < 4.78 is 48.5. The molecule has 9 heteroatoms. The van der Waals surface area contributed by atoms with E-state index in [0.29, 0.717) is 30.4 Å². The number of nitrogens with one attached hydrogen (secondary N) is 2. The van der Waals surface area contributed by atoms with Gasteiger partial charge in [0.25, 0.3) is 0 Å². The molecule has 0 atom stereocenters. The second-order valence-corrected chi connectivity index (χ2v) is 5.51. The largest absolute Gasteiger partial charge is 0.490 e. The zero-order valence-corrected chi connectivity index (χ0v) is 15.2. The summed E-state index contributed by atoms with van der Waals surface area (Å²) in [6.07, 6.45) is -4.48. The lowest BCUT2D eigenvalue weighted by Crippen LogP contribution is -2.29. The van der Waals surface area contributed by atoms with Gasteiger partial charge in [-0.1, -0.05) is 0 Å². The molecule has 0 saturated carbocycles. The van der Waals surface area contributed by atoms with Crippen LogP contribution in [0.2, 0.25) is 0 Å². The summed E-state index contributed by atoms with van der Waals surface area (Å²) in [6, 6.07) is 8.41. The fourth-order valence-corrected chi connectivity index (χ4v) is 2.25. The summed E-state index contributed by atoms with van der Waals surface area (Å²) in [5.41, 5.74) is -0.484. The molecule has 0 aliphatic carbocycles. The fourth-order valence-electron chi connectivity index (χ4n) is 2.25. The van der Waals surface area contributed by atoms with Crippen molar-refractivity contribution < 1.29 is 32.2 Å². The third-order valence-electron chi connectivity index (χ3n) is 3.48. The Bertz CT molecular complexity index is 836. The highest BCUT2D eigenvalue weighted by molar-refractivity contribution is 6.43. The second kappa shape index (κ2) is 9.12. The smallest absolute Gasteiger partial charge is 0.416 e. The number of hydrogen-bond donors (Lipinski definition) is 2. The molecule has 0 aromatic heterocycles.